The highest BCUT2D eigenvalue weighted by molar-refractivity contribution is 5.86. The van der Waals surface area contributed by atoms with E-state index in [4.69, 9.17) is 4.99 Å². The van der Waals surface area contributed by atoms with Crippen molar-refractivity contribution in [3.05, 3.63) is 23.8 Å². The lowest BCUT2D eigenvalue weighted by Crippen LogP contribution is -2.26. The predicted octanol–water partition coefficient (Wildman–Crippen LogP) is 5.09. The molecule has 2 rings (SSSR count). The summed E-state index contributed by atoms with van der Waals surface area (Å²) in [5, 5.41) is 0. The van der Waals surface area contributed by atoms with Crippen LogP contribution in [0.4, 0.5) is 11.4 Å². The molecule has 110 valence electrons. The van der Waals surface area contributed by atoms with Gasteiger partial charge in [-0.05, 0) is 50.5 Å². The third-order valence-electron chi connectivity index (χ3n) is 4.49. The van der Waals surface area contributed by atoms with Crippen LogP contribution in [0.5, 0.6) is 0 Å². The topological polar surface area (TPSA) is 15.6 Å². The van der Waals surface area contributed by atoms with E-state index in [2.05, 4.69) is 57.0 Å². The molecule has 0 unspecified atom stereocenters. The van der Waals surface area contributed by atoms with Crippen LogP contribution in [-0.4, -0.2) is 19.3 Å². The summed E-state index contributed by atoms with van der Waals surface area (Å²) < 4.78 is 0. The quantitative estimate of drug-likeness (QED) is 0.675. The van der Waals surface area contributed by atoms with Crippen molar-refractivity contribution in [3.8, 4) is 0 Å². The van der Waals surface area contributed by atoms with E-state index >= 15 is 0 Å². The Kier molecular flexibility index (Phi) is 4.85. The van der Waals surface area contributed by atoms with Crippen molar-refractivity contribution < 1.29 is 0 Å². The van der Waals surface area contributed by atoms with Crippen LogP contribution >= 0.6 is 0 Å². The first-order valence-corrected chi connectivity index (χ1v) is 8.15. The van der Waals surface area contributed by atoms with Crippen LogP contribution in [0, 0.1) is 0 Å². The van der Waals surface area contributed by atoms with Gasteiger partial charge in [0.1, 0.15) is 0 Å². The zero-order chi connectivity index (χ0) is 14.6. The summed E-state index contributed by atoms with van der Waals surface area (Å²) in [6.45, 7) is 11.1. The van der Waals surface area contributed by atoms with Crippen molar-refractivity contribution in [1.82, 2.24) is 0 Å². The van der Waals surface area contributed by atoms with Crippen molar-refractivity contribution in [2.75, 3.05) is 18.0 Å². The fourth-order valence-corrected chi connectivity index (χ4v) is 3.50. The van der Waals surface area contributed by atoms with Crippen LogP contribution < -0.4 is 4.90 Å². The Bertz CT molecular complexity index is 466. The van der Waals surface area contributed by atoms with Gasteiger partial charge in [-0.3, -0.25) is 4.99 Å². The van der Waals surface area contributed by atoms with E-state index in [0.717, 1.165) is 13.1 Å². The van der Waals surface area contributed by atoms with E-state index in [1.54, 1.807) is 0 Å². The van der Waals surface area contributed by atoms with E-state index in [-0.39, 0.29) is 5.41 Å². The van der Waals surface area contributed by atoms with E-state index in [9.17, 15) is 0 Å². The summed E-state index contributed by atoms with van der Waals surface area (Å²) in [7, 11) is 0. The third kappa shape index (κ3) is 2.61. The van der Waals surface area contributed by atoms with Crippen molar-refractivity contribution in [1.29, 1.82) is 0 Å². The maximum absolute atomic E-state index is 4.70. The normalized spacial score (nSPS) is 15.4. The average Bonchev–Trinajstić information content (AvgIpc) is 2.80. The largest absolute Gasteiger partial charge is 0.372 e. The Morgan fingerprint density at radius 1 is 1.00 bits per heavy atom. The SMILES string of the molecule is CCCC1(CCC)C=Nc2ccc(N(CC)CC)cc21. The van der Waals surface area contributed by atoms with E-state index in [0.29, 0.717) is 0 Å². The highest BCUT2D eigenvalue weighted by Gasteiger charge is 2.35. The molecule has 1 aliphatic heterocycles. The van der Waals surface area contributed by atoms with Gasteiger partial charge in [-0.1, -0.05) is 26.7 Å². The monoisotopic (exact) mass is 272 g/mol. The van der Waals surface area contributed by atoms with E-state index in [1.807, 2.05) is 0 Å². The molecule has 0 spiro atoms. The molecule has 0 radical (unpaired) electrons. The van der Waals surface area contributed by atoms with Gasteiger partial charge in [0, 0.05) is 30.4 Å². The van der Waals surface area contributed by atoms with Gasteiger partial charge in [0.2, 0.25) is 0 Å². The second-order valence-electron chi connectivity index (χ2n) is 5.79. The predicted molar refractivity (Wildman–Crippen MR) is 89.6 cm³/mol. The number of nitrogens with zero attached hydrogens (tertiary/aromatic N) is 2. The summed E-state index contributed by atoms with van der Waals surface area (Å²) >= 11 is 0. The van der Waals surface area contributed by atoms with Crippen LogP contribution in [0.15, 0.2) is 23.2 Å². The molecule has 1 aliphatic rings. The summed E-state index contributed by atoms with van der Waals surface area (Å²) in [6, 6.07) is 6.81. The van der Waals surface area contributed by atoms with Crippen molar-refractivity contribution >= 4 is 17.6 Å². The molecule has 0 saturated carbocycles. The molecule has 2 heteroatoms. The molecule has 1 aromatic carbocycles. The fourth-order valence-electron chi connectivity index (χ4n) is 3.50. The van der Waals surface area contributed by atoms with E-state index in [1.165, 1.54) is 42.6 Å². The number of rotatable bonds is 7. The molecular weight excluding hydrogens is 244 g/mol. The highest BCUT2D eigenvalue weighted by atomic mass is 15.1. The van der Waals surface area contributed by atoms with Gasteiger partial charge < -0.3 is 4.90 Å². The molecule has 1 aromatic rings. The first-order valence-electron chi connectivity index (χ1n) is 8.15. The Labute approximate surface area is 123 Å². The summed E-state index contributed by atoms with van der Waals surface area (Å²) in [4.78, 5) is 7.12. The number of benzene rings is 1. The molecule has 1 heterocycles. The molecule has 0 atom stereocenters. The van der Waals surface area contributed by atoms with Crippen LogP contribution in [0.3, 0.4) is 0 Å². The summed E-state index contributed by atoms with van der Waals surface area (Å²) in [6.07, 6.45) is 7.05. The number of anilines is 1. The zero-order valence-electron chi connectivity index (χ0n) is 13.4. The van der Waals surface area contributed by atoms with Gasteiger partial charge in [-0.2, -0.15) is 0 Å². The minimum absolute atomic E-state index is 0.183. The highest BCUT2D eigenvalue weighted by Crippen LogP contribution is 2.44. The Morgan fingerprint density at radius 2 is 1.65 bits per heavy atom. The van der Waals surface area contributed by atoms with E-state index < -0.39 is 0 Å². The Hall–Kier alpha value is -1.31. The molecular formula is C18H28N2. The molecule has 0 N–H and O–H groups in total. The molecule has 0 aromatic heterocycles. The van der Waals surface area contributed by atoms with Gasteiger partial charge in [-0.15, -0.1) is 0 Å². The van der Waals surface area contributed by atoms with Crippen molar-refractivity contribution in [3.63, 3.8) is 0 Å². The lowest BCUT2D eigenvalue weighted by molar-refractivity contribution is 0.489. The zero-order valence-corrected chi connectivity index (χ0v) is 13.4. The fraction of sp³-hybridized carbons (Fsp3) is 0.611. The second-order valence-corrected chi connectivity index (χ2v) is 5.79. The molecule has 0 aliphatic carbocycles. The van der Waals surface area contributed by atoms with Crippen LogP contribution in [0.1, 0.15) is 58.9 Å². The molecule has 0 amide bonds. The molecule has 20 heavy (non-hydrogen) atoms. The summed E-state index contributed by atoms with van der Waals surface area (Å²) in [5.41, 5.74) is 4.16. The van der Waals surface area contributed by atoms with Gasteiger partial charge in [0.15, 0.2) is 0 Å². The minimum Gasteiger partial charge on any atom is -0.372 e. The summed E-state index contributed by atoms with van der Waals surface area (Å²) in [5.74, 6) is 0. The maximum Gasteiger partial charge on any atom is 0.0669 e. The first-order chi connectivity index (χ1) is 9.70. The first kappa shape index (κ1) is 15.1. The van der Waals surface area contributed by atoms with Gasteiger partial charge in [0.25, 0.3) is 0 Å². The number of aliphatic imine (C=N–C) groups is 1. The minimum atomic E-state index is 0.183. The van der Waals surface area contributed by atoms with Crippen molar-refractivity contribution in [2.24, 2.45) is 4.99 Å². The second kappa shape index (κ2) is 6.43. The lowest BCUT2D eigenvalue weighted by Gasteiger charge is -2.29. The number of fused-ring (bicyclic) bond motifs is 1. The van der Waals surface area contributed by atoms with Crippen molar-refractivity contribution in [2.45, 2.75) is 58.8 Å². The van der Waals surface area contributed by atoms with Gasteiger partial charge in [-0.25, -0.2) is 0 Å². The van der Waals surface area contributed by atoms with Crippen LogP contribution in [0.2, 0.25) is 0 Å². The number of hydrogen-bond acceptors (Lipinski definition) is 2. The average molecular weight is 272 g/mol. The molecule has 0 fully saturated rings. The third-order valence-corrected chi connectivity index (χ3v) is 4.49. The maximum atomic E-state index is 4.70. The number of hydrogen-bond donors (Lipinski definition) is 0. The Balaban J connectivity index is 2.41. The smallest absolute Gasteiger partial charge is 0.0669 e. The molecule has 0 bridgehead atoms. The standard InChI is InChI=1S/C18H28N2/c1-5-11-18(12-6-2)14-19-17-10-9-15(13-16(17)18)20(7-3)8-4/h9-10,13-14H,5-8,11-12H2,1-4H3. The molecule has 2 nitrogen and oxygen atoms in total. The van der Waals surface area contributed by atoms with Gasteiger partial charge in [0.05, 0.1) is 5.69 Å². The van der Waals surface area contributed by atoms with Crippen LogP contribution in [-0.2, 0) is 5.41 Å². The Morgan fingerprint density at radius 3 is 2.20 bits per heavy atom. The van der Waals surface area contributed by atoms with Crippen LogP contribution in [0.25, 0.3) is 0 Å². The lowest BCUT2D eigenvalue weighted by atomic mass is 9.75. The molecule has 0 saturated heterocycles. The van der Waals surface area contributed by atoms with Gasteiger partial charge >= 0.3 is 0 Å².